The summed E-state index contributed by atoms with van der Waals surface area (Å²) >= 11 is 0. The minimum atomic E-state index is -0.416. The number of aromatic nitrogens is 1. The van der Waals surface area contributed by atoms with Gasteiger partial charge in [0.1, 0.15) is 11.5 Å². The highest BCUT2D eigenvalue weighted by Crippen LogP contribution is 2.29. The molecule has 2 aromatic carbocycles. The molecule has 0 aliphatic heterocycles. The Morgan fingerprint density at radius 2 is 1.86 bits per heavy atom. The van der Waals surface area contributed by atoms with Gasteiger partial charge in [0.25, 0.3) is 0 Å². The van der Waals surface area contributed by atoms with Crippen molar-refractivity contribution in [3.05, 3.63) is 66.4 Å². The number of fused-ring (bicyclic) bond motifs is 1. The fourth-order valence-corrected chi connectivity index (χ4v) is 2.28. The Hall–Kier alpha value is -2.39. The first-order chi connectivity index (χ1) is 10.3. The largest absolute Gasteiger partial charge is 0.457 e. The summed E-state index contributed by atoms with van der Waals surface area (Å²) in [7, 11) is 0. The van der Waals surface area contributed by atoms with Crippen molar-refractivity contribution < 1.29 is 9.84 Å². The van der Waals surface area contributed by atoms with E-state index in [0.29, 0.717) is 6.42 Å². The fraction of sp³-hybridized carbons (Fsp3) is 0.167. The Kier molecular flexibility index (Phi) is 3.84. The van der Waals surface area contributed by atoms with Crippen LogP contribution in [0.2, 0.25) is 0 Å². The lowest BCUT2D eigenvalue weighted by Gasteiger charge is -2.11. The molecule has 0 aliphatic carbocycles. The van der Waals surface area contributed by atoms with Crippen LogP contribution in [0, 0.1) is 0 Å². The van der Waals surface area contributed by atoms with Crippen LogP contribution in [0.25, 0.3) is 10.9 Å². The lowest BCUT2D eigenvalue weighted by molar-refractivity contribution is 0.173. The Balaban J connectivity index is 1.88. The zero-order chi connectivity index (χ0) is 14.7. The third-order valence-corrected chi connectivity index (χ3v) is 3.49. The molecule has 3 nitrogen and oxygen atoms in total. The van der Waals surface area contributed by atoms with Gasteiger partial charge in [-0.2, -0.15) is 0 Å². The third kappa shape index (κ3) is 2.88. The van der Waals surface area contributed by atoms with Crippen LogP contribution in [0.3, 0.4) is 0 Å². The van der Waals surface area contributed by atoms with E-state index in [1.54, 1.807) is 6.20 Å². The van der Waals surface area contributed by atoms with Gasteiger partial charge >= 0.3 is 0 Å². The smallest absolute Gasteiger partial charge is 0.136 e. The molecule has 3 heteroatoms. The van der Waals surface area contributed by atoms with E-state index in [1.807, 2.05) is 61.5 Å². The second kappa shape index (κ2) is 5.94. The van der Waals surface area contributed by atoms with Crippen LogP contribution in [0.5, 0.6) is 11.5 Å². The highest BCUT2D eigenvalue weighted by molar-refractivity contribution is 5.85. The first-order valence-electron chi connectivity index (χ1n) is 7.07. The number of pyridine rings is 1. The minimum absolute atomic E-state index is 0.416. The molecule has 0 bridgehead atoms. The van der Waals surface area contributed by atoms with Gasteiger partial charge in [-0.05, 0) is 48.4 Å². The van der Waals surface area contributed by atoms with Crippen LogP contribution in [0.1, 0.15) is 25.0 Å². The van der Waals surface area contributed by atoms with E-state index >= 15 is 0 Å². The van der Waals surface area contributed by atoms with E-state index in [4.69, 9.17) is 4.74 Å². The minimum Gasteiger partial charge on any atom is -0.457 e. The summed E-state index contributed by atoms with van der Waals surface area (Å²) in [6.45, 7) is 1.96. The molecular formula is C18H17NO2. The Morgan fingerprint density at radius 3 is 2.62 bits per heavy atom. The van der Waals surface area contributed by atoms with Crippen LogP contribution in [0.15, 0.2) is 60.8 Å². The first kappa shape index (κ1) is 13.6. The van der Waals surface area contributed by atoms with Gasteiger partial charge in [-0.15, -0.1) is 0 Å². The van der Waals surface area contributed by atoms with Gasteiger partial charge < -0.3 is 9.84 Å². The number of aliphatic hydroxyl groups is 1. The molecule has 1 aromatic heterocycles. The topological polar surface area (TPSA) is 42.4 Å². The van der Waals surface area contributed by atoms with Gasteiger partial charge in [0.15, 0.2) is 0 Å². The van der Waals surface area contributed by atoms with Crippen molar-refractivity contribution in [1.82, 2.24) is 4.98 Å². The summed E-state index contributed by atoms with van der Waals surface area (Å²) < 4.78 is 5.94. The quantitative estimate of drug-likeness (QED) is 0.766. The number of hydrogen-bond donors (Lipinski definition) is 1. The lowest BCUT2D eigenvalue weighted by Crippen LogP contribution is -1.94. The number of nitrogens with zero attached hydrogens (tertiary/aromatic N) is 1. The average molecular weight is 279 g/mol. The zero-order valence-electron chi connectivity index (χ0n) is 11.9. The van der Waals surface area contributed by atoms with Crippen molar-refractivity contribution in [3.63, 3.8) is 0 Å². The van der Waals surface area contributed by atoms with Crippen molar-refractivity contribution in [3.8, 4) is 11.5 Å². The monoisotopic (exact) mass is 279 g/mol. The summed E-state index contributed by atoms with van der Waals surface area (Å²) in [4.78, 5) is 4.32. The Bertz CT molecular complexity index is 732. The SMILES string of the molecule is CCC(O)c1ccc(Oc2cccc3ncccc23)cc1. The molecule has 0 spiro atoms. The first-order valence-corrected chi connectivity index (χ1v) is 7.07. The summed E-state index contributed by atoms with van der Waals surface area (Å²) in [5.74, 6) is 1.53. The van der Waals surface area contributed by atoms with E-state index < -0.39 is 6.10 Å². The van der Waals surface area contributed by atoms with E-state index in [0.717, 1.165) is 28.0 Å². The van der Waals surface area contributed by atoms with Gasteiger partial charge in [0.2, 0.25) is 0 Å². The second-order valence-corrected chi connectivity index (χ2v) is 4.92. The molecule has 0 saturated heterocycles. The Labute approximate surface area is 123 Å². The summed E-state index contributed by atoms with van der Waals surface area (Å²) in [5.41, 5.74) is 1.82. The maximum atomic E-state index is 9.80. The van der Waals surface area contributed by atoms with Crippen molar-refractivity contribution in [1.29, 1.82) is 0 Å². The molecule has 3 rings (SSSR count). The van der Waals surface area contributed by atoms with Gasteiger partial charge in [-0.25, -0.2) is 0 Å². The van der Waals surface area contributed by atoms with E-state index in [-0.39, 0.29) is 0 Å². The van der Waals surface area contributed by atoms with Gasteiger partial charge in [-0.3, -0.25) is 4.98 Å². The molecule has 21 heavy (non-hydrogen) atoms. The molecule has 0 radical (unpaired) electrons. The van der Waals surface area contributed by atoms with E-state index in [1.165, 1.54) is 0 Å². The van der Waals surface area contributed by atoms with Crippen LogP contribution >= 0.6 is 0 Å². The van der Waals surface area contributed by atoms with Gasteiger partial charge in [0.05, 0.1) is 11.6 Å². The molecule has 1 atom stereocenters. The highest BCUT2D eigenvalue weighted by Gasteiger charge is 2.06. The molecule has 1 unspecified atom stereocenters. The van der Waals surface area contributed by atoms with E-state index in [2.05, 4.69) is 4.98 Å². The number of rotatable bonds is 4. The maximum Gasteiger partial charge on any atom is 0.136 e. The molecule has 0 aliphatic rings. The summed E-state index contributed by atoms with van der Waals surface area (Å²) in [6.07, 6.45) is 2.06. The summed E-state index contributed by atoms with van der Waals surface area (Å²) in [5, 5.41) is 10.8. The number of hydrogen-bond acceptors (Lipinski definition) is 3. The molecule has 1 N–H and O–H groups in total. The van der Waals surface area contributed by atoms with Crippen LogP contribution < -0.4 is 4.74 Å². The standard InChI is InChI=1S/C18H17NO2/c1-2-17(20)13-8-10-14(11-9-13)21-18-7-3-6-16-15(18)5-4-12-19-16/h3-12,17,20H,2H2,1H3. The molecule has 3 aromatic rings. The van der Waals surface area contributed by atoms with E-state index in [9.17, 15) is 5.11 Å². The molecule has 0 fully saturated rings. The molecular weight excluding hydrogens is 262 g/mol. The van der Waals surface area contributed by atoms with Crippen LogP contribution in [-0.2, 0) is 0 Å². The van der Waals surface area contributed by atoms with Crippen molar-refractivity contribution >= 4 is 10.9 Å². The van der Waals surface area contributed by atoms with Gasteiger partial charge in [-0.1, -0.05) is 25.1 Å². The number of ether oxygens (including phenoxy) is 1. The molecule has 0 amide bonds. The predicted molar refractivity (Wildman–Crippen MR) is 83.5 cm³/mol. The Morgan fingerprint density at radius 1 is 1.05 bits per heavy atom. The lowest BCUT2D eigenvalue weighted by atomic mass is 10.1. The maximum absolute atomic E-state index is 9.80. The number of benzene rings is 2. The molecule has 106 valence electrons. The third-order valence-electron chi connectivity index (χ3n) is 3.49. The molecule has 0 saturated carbocycles. The van der Waals surface area contributed by atoms with Crippen molar-refractivity contribution in [2.75, 3.05) is 0 Å². The molecule has 1 heterocycles. The predicted octanol–water partition coefficient (Wildman–Crippen LogP) is 4.47. The zero-order valence-corrected chi connectivity index (χ0v) is 11.9. The van der Waals surface area contributed by atoms with Crippen molar-refractivity contribution in [2.45, 2.75) is 19.4 Å². The summed E-state index contributed by atoms with van der Waals surface area (Å²) in [6, 6.07) is 17.3. The fourth-order valence-electron chi connectivity index (χ4n) is 2.28. The van der Waals surface area contributed by atoms with Crippen LogP contribution in [-0.4, -0.2) is 10.1 Å². The van der Waals surface area contributed by atoms with Gasteiger partial charge in [0, 0.05) is 11.6 Å². The average Bonchev–Trinajstić information content (AvgIpc) is 2.55. The second-order valence-electron chi connectivity index (χ2n) is 4.92. The van der Waals surface area contributed by atoms with Crippen molar-refractivity contribution in [2.24, 2.45) is 0 Å². The number of aliphatic hydroxyl groups excluding tert-OH is 1. The highest BCUT2D eigenvalue weighted by atomic mass is 16.5. The van der Waals surface area contributed by atoms with Crippen LogP contribution in [0.4, 0.5) is 0 Å². The normalized spacial score (nSPS) is 12.3.